The number of carbonyl (C=O) groups excluding carboxylic acids is 2. The topological polar surface area (TPSA) is 73.9 Å². The number of benzene rings is 2. The molecular weight excluding hydrogens is 392 g/mol. The Morgan fingerprint density at radius 2 is 1.84 bits per heavy atom. The molecule has 0 aliphatic carbocycles. The van der Waals surface area contributed by atoms with Crippen LogP contribution in [0.15, 0.2) is 42.5 Å². The zero-order valence-corrected chi connectivity index (χ0v) is 18.0. The molecule has 2 aliphatic heterocycles. The average molecular weight is 423 g/mol. The number of methoxy groups -OCH3 is 1. The summed E-state index contributed by atoms with van der Waals surface area (Å²) >= 11 is 0. The van der Waals surface area contributed by atoms with Crippen molar-refractivity contribution in [3.05, 3.63) is 53.6 Å². The molecule has 2 heterocycles. The zero-order valence-electron chi connectivity index (χ0n) is 18.0. The molecule has 0 radical (unpaired) electrons. The maximum Gasteiger partial charge on any atom is 0.251 e. The minimum Gasteiger partial charge on any atom is -0.497 e. The zero-order chi connectivity index (χ0) is 21.6. The summed E-state index contributed by atoms with van der Waals surface area (Å²) in [5, 5.41) is 5.87. The second-order valence-corrected chi connectivity index (χ2v) is 8.06. The first-order valence-electron chi connectivity index (χ1n) is 10.9. The summed E-state index contributed by atoms with van der Waals surface area (Å²) in [7, 11) is 1.68. The Hall–Kier alpha value is -3.06. The van der Waals surface area contributed by atoms with Crippen LogP contribution in [0.3, 0.4) is 0 Å². The minimum atomic E-state index is -0.0518. The molecule has 0 spiro atoms. The molecule has 0 saturated carbocycles. The molecule has 0 aromatic heterocycles. The van der Waals surface area contributed by atoms with Gasteiger partial charge in [0.15, 0.2) is 0 Å². The largest absolute Gasteiger partial charge is 0.497 e. The van der Waals surface area contributed by atoms with Crippen LogP contribution in [0, 0.1) is 0 Å². The Morgan fingerprint density at radius 3 is 2.58 bits per heavy atom. The number of carbonyl (C=O) groups is 2. The molecule has 2 amide bonds. The standard InChI is InChI=1S/C24H30N4O3/c1-31-21-7-5-20(6-8-21)28-15-13-27(14-16-28)12-2-11-25-24(30)19-3-9-22-18(17-19)4-10-23(29)26-22/h3,5-9,17H,2,4,10-16H2,1H3,(H,25,30)(H,26,29). The Labute approximate surface area is 183 Å². The van der Waals surface area contributed by atoms with Gasteiger partial charge < -0.3 is 20.3 Å². The second-order valence-electron chi connectivity index (χ2n) is 8.06. The highest BCUT2D eigenvalue weighted by Crippen LogP contribution is 2.23. The molecule has 0 bridgehead atoms. The van der Waals surface area contributed by atoms with Gasteiger partial charge in [0.05, 0.1) is 7.11 Å². The van der Waals surface area contributed by atoms with Gasteiger partial charge in [-0.05, 0) is 67.4 Å². The van der Waals surface area contributed by atoms with Gasteiger partial charge in [0, 0.05) is 56.1 Å². The summed E-state index contributed by atoms with van der Waals surface area (Å²) in [6.45, 7) is 5.69. The molecule has 0 unspecified atom stereocenters. The molecule has 31 heavy (non-hydrogen) atoms. The number of anilines is 2. The van der Waals surface area contributed by atoms with E-state index in [4.69, 9.17) is 4.74 Å². The van der Waals surface area contributed by atoms with E-state index >= 15 is 0 Å². The van der Waals surface area contributed by atoms with Crippen LogP contribution in [0.25, 0.3) is 0 Å². The number of hydrogen-bond donors (Lipinski definition) is 2. The first kappa shape index (κ1) is 21.2. The lowest BCUT2D eigenvalue weighted by Crippen LogP contribution is -2.47. The molecule has 2 aliphatic rings. The first-order chi connectivity index (χ1) is 15.1. The van der Waals surface area contributed by atoms with Crippen molar-refractivity contribution in [1.29, 1.82) is 0 Å². The van der Waals surface area contributed by atoms with Crippen LogP contribution >= 0.6 is 0 Å². The van der Waals surface area contributed by atoms with E-state index in [1.165, 1.54) is 5.69 Å². The van der Waals surface area contributed by atoms with E-state index < -0.39 is 0 Å². The first-order valence-corrected chi connectivity index (χ1v) is 10.9. The van der Waals surface area contributed by atoms with Crippen molar-refractivity contribution < 1.29 is 14.3 Å². The van der Waals surface area contributed by atoms with E-state index in [2.05, 4.69) is 32.6 Å². The average Bonchev–Trinajstić information content (AvgIpc) is 2.82. The van der Waals surface area contributed by atoms with Gasteiger partial charge in [0.25, 0.3) is 5.91 Å². The summed E-state index contributed by atoms with van der Waals surface area (Å²) < 4.78 is 5.23. The highest BCUT2D eigenvalue weighted by Gasteiger charge is 2.18. The summed E-state index contributed by atoms with van der Waals surface area (Å²) in [6.07, 6.45) is 2.09. The maximum atomic E-state index is 12.5. The number of aryl methyl sites for hydroxylation is 1. The number of amides is 2. The normalized spacial score (nSPS) is 16.4. The van der Waals surface area contributed by atoms with Crippen LogP contribution in [0.4, 0.5) is 11.4 Å². The fraction of sp³-hybridized carbons (Fsp3) is 0.417. The van der Waals surface area contributed by atoms with E-state index in [0.29, 0.717) is 24.9 Å². The fourth-order valence-electron chi connectivity index (χ4n) is 4.15. The second kappa shape index (κ2) is 9.83. The van der Waals surface area contributed by atoms with Crippen molar-refractivity contribution in [3.63, 3.8) is 0 Å². The van der Waals surface area contributed by atoms with Crippen LogP contribution in [0.5, 0.6) is 5.75 Å². The Kier molecular flexibility index (Phi) is 6.72. The van der Waals surface area contributed by atoms with E-state index in [-0.39, 0.29) is 11.8 Å². The Balaban J connectivity index is 1.17. The lowest BCUT2D eigenvalue weighted by molar-refractivity contribution is -0.116. The highest BCUT2D eigenvalue weighted by molar-refractivity contribution is 5.97. The van der Waals surface area contributed by atoms with Gasteiger partial charge in [-0.15, -0.1) is 0 Å². The number of hydrogen-bond acceptors (Lipinski definition) is 5. The fourth-order valence-corrected chi connectivity index (χ4v) is 4.15. The number of rotatable bonds is 7. The van der Waals surface area contributed by atoms with Gasteiger partial charge in [-0.25, -0.2) is 0 Å². The van der Waals surface area contributed by atoms with Crippen molar-refractivity contribution in [2.75, 3.05) is 56.6 Å². The third-order valence-electron chi connectivity index (χ3n) is 6.01. The van der Waals surface area contributed by atoms with Crippen LogP contribution in [-0.2, 0) is 11.2 Å². The van der Waals surface area contributed by atoms with Gasteiger partial charge in [-0.3, -0.25) is 14.5 Å². The van der Waals surface area contributed by atoms with Crippen LogP contribution in [-0.4, -0.2) is 63.1 Å². The van der Waals surface area contributed by atoms with E-state index in [1.807, 2.05) is 24.3 Å². The lowest BCUT2D eigenvalue weighted by atomic mass is 10.00. The summed E-state index contributed by atoms with van der Waals surface area (Å²) in [5.41, 5.74) is 3.74. The predicted molar refractivity (Wildman–Crippen MR) is 122 cm³/mol. The summed E-state index contributed by atoms with van der Waals surface area (Å²) in [6, 6.07) is 13.7. The molecule has 7 heteroatoms. The number of nitrogens with one attached hydrogen (secondary N) is 2. The molecule has 2 N–H and O–H groups in total. The number of fused-ring (bicyclic) bond motifs is 1. The van der Waals surface area contributed by atoms with E-state index in [0.717, 1.165) is 56.1 Å². The minimum absolute atomic E-state index is 0.0366. The van der Waals surface area contributed by atoms with Gasteiger partial charge in [0.1, 0.15) is 5.75 Å². The molecule has 7 nitrogen and oxygen atoms in total. The van der Waals surface area contributed by atoms with Crippen molar-refractivity contribution in [3.8, 4) is 5.75 Å². The molecule has 2 aromatic rings. The van der Waals surface area contributed by atoms with Gasteiger partial charge in [0.2, 0.25) is 5.91 Å². The Bertz CT molecular complexity index is 921. The lowest BCUT2D eigenvalue weighted by Gasteiger charge is -2.36. The quantitative estimate of drug-likeness (QED) is 0.671. The van der Waals surface area contributed by atoms with Crippen molar-refractivity contribution in [2.24, 2.45) is 0 Å². The molecule has 1 saturated heterocycles. The molecule has 4 rings (SSSR count). The molecule has 164 valence electrons. The molecule has 0 atom stereocenters. The van der Waals surface area contributed by atoms with Crippen molar-refractivity contribution in [2.45, 2.75) is 19.3 Å². The summed E-state index contributed by atoms with van der Waals surface area (Å²) in [4.78, 5) is 28.8. The third kappa shape index (κ3) is 5.35. The van der Waals surface area contributed by atoms with Gasteiger partial charge in [-0.1, -0.05) is 0 Å². The number of ether oxygens (including phenoxy) is 1. The Morgan fingerprint density at radius 1 is 1.06 bits per heavy atom. The molecule has 1 fully saturated rings. The number of nitrogens with zero attached hydrogens (tertiary/aromatic N) is 2. The van der Waals surface area contributed by atoms with Crippen LogP contribution in [0.1, 0.15) is 28.8 Å². The van der Waals surface area contributed by atoms with Gasteiger partial charge in [-0.2, -0.15) is 0 Å². The third-order valence-corrected chi connectivity index (χ3v) is 6.01. The van der Waals surface area contributed by atoms with Crippen LogP contribution in [0.2, 0.25) is 0 Å². The van der Waals surface area contributed by atoms with Crippen molar-refractivity contribution >= 4 is 23.2 Å². The molecule has 2 aromatic carbocycles. The van der Waals surface area contributed by atoms with Gasteiger partial charge >= 0.3 is 0 Å². The summed E-state index contributed by atoms with van der Waals surface area (Å²) in [5.74, 6) is 0.866. The highest BCUT2D eigenvalue weighted by atomic mass is 16.5. The monoisotopic (exact) mass is 422 g/mol. The molecular formula is C24H30N4O3. The smallest absolute Gasteiger partial charge is 0.251 e. The maximum absolute atomic E-state index is 12.5. The van der Waals surface area contributed by atoms with E-state index in [1.54, 1.807) is 13.2 Å². The predicted octanol–water partition coefficient (Wildman–Crippen LogP) is 2.52. The van der Waals surface area contributed by atoms with E-state index in [9.17, 15) is 9.59 Å². The SMILES string of the molecule is COc1ccc(N2CCN(CCCNC(=O)c3ccc4c(c3)CCC(=O)N4)CC2)cc1. The van der Waals surface area contributed by atoms with Crippen LogP contribution < -0.4 is 20.3 Å². The number of piperazine rings is 1. The van der Waals surface area contributed by atoms with Crippen molar-refractivity contribution in [1.82, 2.24) is 10.2 Å².